The van der Waals surface area contributed by atoms with E-state index in [4.69, 9.17) is 57.4 Å². The summed E-state index contributed by atoms with van der Waals surface area (Å²) in [6.45, 7) is 11.1. The van der Waals surface area contributed by atoms with Crippen LogP contribution in [0.2, 0.25) is 0 Å². The molecule has 0 aromatic heterocycles. The van der Waals surface area contributed by atoms with Gasteiger partial charge in [0.1, 0.15) is 0 Å². The molecule has 332 valence electrons. The van der Waals surface area contributed by atoms with Crippen molar-refractivity contribution in [3.05, 3.63) is 0 Å². The van der Waals surface area contributed by atoms with Gasteiger partial charge in [-0.25, -0.2) is 19.6 Å². The van der Waals surface area contributed by atoms with E-state index in [2.05, 4.69) is 13.8 Å². The quantitative estimate of drug-likeness (QED) is 0.151. The number of rotatable bonds is 13. The van der Waals surface area contributed by atoms with Crippen LogP contribution in [-0.2, 0) is 76.6 Å². The van der Waals surface area contributed by atoms with Crippen LogP contribution in [0.4, 0.5) is 0 Å². The van der Waals surface area contributed by atoms with E-state index < -0.39 is 84.3 Å². The van der Waals surface area contributed by atoms with Crippen LogP contribution >= 0.6 is 0 Å². The number of aliphatic hydroxyl groups excluding tert-OH is 1. The predicted octanol–water partition coefficient (Wildman–Crippen LogP) is 4.74. The Morgan fingerprint density at radius 3 is 1.39 bits per heavy atom. The first-order chi connectivity index (χ1) is 28.1. The average molecular weight is 839 g/mol. The van der Waals surface area contributed by atoms with Crippen LogP contribution in [0.15, 0.2) is 0 Å². The lowest BCUT2D eigenvalue weighted by atomic mass is 9.58. The highest BCUT2D eigenvalue weighted by atomic mass is 17.3. The Balaban J connectivity index is 0.743. The second-order valence-electron chi connectivity index (χ2n) is 18.9. The third-order valence-corrected chi connectivity index (χ3v) is 15.0. The number of ether oxygens (including phenoxy) is 8. The van der Waals surface area contributed by atoms with Gasteiger partial charge in [-0.3, -0.25) is 19.2 Å². The third kappa shape index (κ3) is 7.94. The first kappa shape index (κ1) is 43.2. The monoisotopic (exact) mass is 838 g/mol. The molecule has 10 aliphatic rings. The highest BCUT2D eigenvalue weighted by Gasteiger charge is 2.71. The summed E-state index contributed by atoms with van der Waals surface area (Å²) in [5.41, 5.74) is -1.57. The maximum atomic E-state index is 12.9. The van der Waals surface area contributed by atoms with Crippen molar-refractivity contribution < 1.29 is 81.7 Å². The van der Waals surface area contributed by atoms with Gasteiger partial charge in [-0.05, 0) is 76.0 Å². The number of esters is 4. The molecule has 17 atom stereocenters. The van der Waals surface area contributed by atoms with Crippen LogP contribution in [0, 0.1) is 53.3 Å². The van der Waals surface area contributed by atoms with Crippen LogP contribution in [-0.4, -0.2) is 96.7 Å². The van der Waals surface area contributed by atoms with Crippen LogP contribution in [0.5, 0.6) is 0 Å². The first-order valence-corrected chi connectivity index (χ1v) is 21.8. The van der Waals surface area contributed by atoms with E-state index in [1.165, 1.54) is 0 Å². The summed E-state index contributed by atoms with van der Waals surface area (Å²) in [7, 11) is 0. The summed E-state index contributed by atoms with van der Waals surface area (Å²) in [6, 6.07) is 0. The molecule has 2 saturated carbocycles. The molecule has 0 aromatic rings. The van der Waals surface area contributed by atoms with Gasteiger partial charge in [-0.15, -0.1) is 0 Å². The van der Waals surface area contributed by atoms with Crippen LogP contribution in [0.25, 0.3) is 0 Å². The molecule has 8 saturated heterocycles. The number of hydrogen-bond acceptors (Lipinski definition) is 17. The Bertz CT molecular complexity index is 1480. The highest BCUT2D eigenvalue weighted by Crippen LogP contribution is 2.62. The lowest BCUT2D eigenvalue weighted by Gasteiger charge is -2.59. The van der Waals surface area contributed by atoms with E-state index >= 15 is 0 Å². The molecule has 2 aliphatic carbocycles. The zero-order valence-corrected chi connectivity index (χ0v) is 35.1. The van der Waals surface area contributed by atoms with E-state index in [0.29, 0.717) is 24.7 Å². The van der Waals surface area contributed by atoms with Crippen molar-refractivity contribution in [1.29, 1.82) is 0 Å². The SMILES string of the molecule is C[C@H]1[C@H](OC(=O)CCC(=O)OCC(CO)COC(=O)CCC(=O)O[C@@H]2O[C@@H]3O[C@]4(C)CC[C@H]5[C@H](C)CC[C@@H]([C@H]2C)[C@@]35OO4)O[C@@H]2O[C@@]3(C)CC[C@H]4[C@H](C)CC[C@@H]1[C@@]24OO3. The number of carbonyl (C=O) groups is 4. The molecule has 17 heteroatoms. The zero-order chi connectivity index (χ0) is 41.9. The lowest BCUT2D eigenvalue weighted by Crippen LogP contribution is -2.70. The van der Waals surface area contributed by atoms with Gasteiger partial charge >= 0.3 is 23.9 Å². The van der Waals surface area contributed by atoms with E-state index in [1.807, 2.05) is 27.7 Å². The normalized spacial score (nSPS) is 46.1. The highest BCUT2D eigenvalue weighted by molar-refractivity contribution is 5.78. The van der Waals surface area contributed by atoms with Gasteiger partial charge in [0, 0.05) is 36.5 Å². The van der Waals surface area contributed by atoms with Gasteiger partial charge in [0.25, 0.3) is 0 Å². The summed E-state index contributed by atoms with van der Waals surface area (Å²) in [6.07, 6.45) is 2.43. The van der Waals surface area contributed by atoms with Gasteiger partial charge in [0.05, 0.1) is 51.4 Å². The topological polar surface area (TPSA) is 199 Å². The standard InChI is InChI=1S/C42H62O17/c1-22-7-9-29-24(3)35(52-37-41(29)27(22)15-17-39(5,54-37)56-58-41)50-33(46)13-11-31(44)48-20-26(19-43)21-49-32(45)12-14-34(47)51-36-25(4)30-10-8-23(2)28-16-18-40(6)55-38(53-36)42(28,30)59-57-40/h22-30,35-38,43H,7-21H2,1-6H3/t22-,23-,24-,25-,26?,27+,28+,29+,30+,35-,36-,37-,38-,39-,40+,41-,42-/m1/s1. The van der Waals surface area contributed by atoms with Gasteiger partial charge in [0.15, 0.2) is 23.8 Å². The number of aliphatic hydroxyl groups is 1. The summed E-state index contributed by atoms with van der Waals surface area (Å²) < 4.78 is 47.3. The Hall–Kier alpha value is -2.48. The van der Waals surface area contributed by atoms with Crippen molar-refractivity contribution in [1.82, 2.24) is 0 Å². The fraction of sp³-hybridized carbons (Fsp3) is 0.905. The van der Waals surface area contributed by atoms with Crippen LogP contribution in [0.1, 0.15) is 119 Å². The minimum Gasteiger partial charge on any atom is -0.465 e. The van der Waals surface area contributed by atoms with Crippen molar-refractivity contribution in [3.8, 4) is 0 Å². The van der Waals surface area contributed by atoms with Crippen molar-refractivity contribution >= 4 is 23.9 Å². The molecule has 2 spiro atoms. The van der Waals surface area contributed by atoms with Crippen molar-refractivity contribution in [2.45, 2.75) is 167 Å². The minimum absolute atomic E-state index is 0.0225. The van der Waals surface area contributed by atoms with Crippen molar-refractivity contribution in [3.63, 3.8) is 0 Å². The molecule has 1 N–H and O–H groups in total. The fourth-order valence-corrected chi connectivity index (χ4v) is 11.5. The summed E-state index contributed by atoms with van der Waals surface area (Å²) in [5.74, 6) is -4.59. The second-order valence-corrected chi connectivity index (χ2v) is 18.9. The van der Waals surface area contributed by atoms with Gasteiger partial charge in [-0.2, -0.15) is 0 Å². The average Bonchev–Trinajstić information content (AvgIpc) is 3.58. The molecular formula is C42H62O17. The molecule has 8 heterocycles. The zero-order valence-electron chi connectivity index (χ0n) is 35.1. The molecule has 0 amide bonds. The smallest absolute Gasteiger partial charge is 0.308 e. The van der Waals surface area contributed by atoms with Crippen LogP contribution in [0.3, 0.4) is 0 Å². The van der Waals surface area contributed by atoms with Gasteiger partial charge < -0.3 is 43.0 Å². The number of fused-ring (bicyclic) bond motifs is 4. The van der Waals surface area contributed by atoms with Crippen molar-refractivity contribution in [2.75, 3.05) is 19.8 Å². The fourth-order valence-electron chi connectivity index (χ4n) is 11.5. The Morgan fingerprint density at radius 2 is 0.983 bits per heavy atom. The Labute approximate surface area is 344 Å². The van der Waals surface area contributed by atoms with Crippen molar-refractivity contribution in [2.24, 2.45) is 53.3 Å². The van der Waals surface area contributed by atoms with Crippen LogP contribution < -0.4 is 0 Å². The van der Waals surface area contributed by atoms with E-state index in [0.717, 1.165) is 38.5 Å². The first-order valence-electron chi connectivity index (χ1n) is 21.8. The molecule has 8 aliphatic heterocycles. The summed E-state index contributed by atoms with van der Waals surface area (Å²) in [5, 5.41) is 9.85. The largest absolute Gasteiger partial charge is 0.465 e. The van der Waals surface area contributed by atoms with Gasteiger partial charge in [-0.1, -0.05) is 27.7 Å². The molecule has 1 unspecified atom stereocenters. The summed E-state index contributed by atoms with van der Waals surface area (Å²) >= 11 is 0. The van der Waals surface area contributed by atoms with E-state index in [-0.39, 0.29) is 74.4 Å². The maximum Gasteiger partial charge on any atom is 0.308 e. The molecule has 0 aromatic carbocycles. The minimum atomic E-state index is -0.960. The second kappa shape index (κ2) is 16.7. The maximum absolute atomic E-state index is 12.9. The molecule has 59 heavy (non-hydrogen) atoms. The Kier molecular flexibility index (Phi) is 12.2. The summed E-state index contributed by atoms with van der Waals surface area (Å²) in [4.78, 5) is 75.0. The lowest BCUT2D eigenvalue weighted by molar-refractivity contribution is -0.576. The molecule has 0 radical (unpaired) electrons. The predicted molar refractivity (Wildman–Crippen MR) is 197 cm³/mol. The molecule has 17 nitrogen and oxygen atoms in total. The molecule has 10 fully saturated rings. The third-order valence-electron chi connectivity index (χ3n) is 15.0. The number of hydrogen-bond donors (Lipinski definition) is 1. The number of carbonyl (C=O) groups excluding carboxylic acids is 4. The molecule has 4 bridgehead atoms. The molecular weight excluding hydrogens is 776 g/mol. The Morgan fingerprint density at radius 1 is 0.576 bits per heavy atom. The van der Waals surface area contributed by atoms with E-state index in [9.17, 15) is 24.3 Å². The van der Waals surface area contributed by atoms with Gasteiger partial charge in [0.2, 0.25) is 24.2 Å². The van der Waals surface area contributed by atoms with E-state index in [1.54, 1.807) is 0 Å². The molecule has 10 rings (SSSR count).